The molecule has 0 radical (unpaired) electrons. The summed E-state index contributed by atoms with van der Waals surface area (Å²) in [5.41, 5.74) is 0. The fourth-order valence-electron chi connectivity index (χ4n) is 1.54. The van der Waals surface area contributed by atoms with Crippen LogP contribution in [-0.4, -0.2) is 67.0 Å². The molecule has 2 aliphatic heterocycles. The van der Waals surface area contributed by atoms with E-state index >= 15 is 0 Å². The van der Waals surface area contributed by atoms with E-state index in [1.807, 2.05) is 0 Å². The maximum atomic E-state index is 10.7. The molecular formula is C8H14O8S2. The zero-order chi connectivity index (χ0) is 13.6. The second kappa shape index (κ2) is 4.69. The van der Waals surface area contributed by atoms with Crippen LogP contribution in [-0.2, 0) is 38.1 Å². The van der Waals surface area contributed by atoms with Gasteiger partial charge >= 0.3 is 0 Å². The molecule has 18 heavy (non-hydrogen) atoms. The smallest absolute Gasteiger partial charge is 0.264 e. The molecule has 2 heterocycles. The van der Waals surface area contributed by atoms with Crippen molar-refractivity contribution < 1.29 is 34.7 Å². The standard InChI is InChI=1S/C8H14O8S2/c1-17(9,10)13-3-5-7(15-5)8-6(16-8)4-14-18(2,11)12/h5-8H,3-4H2,1-2H3/t5-,6-,7-,8+/m0/s1. The van der Waals surface area contributed by atoms with Crippen LogP contribution in [0, 0.1) is 0 Å². The summed E-state index contributed by atoms with van der Waals surface area (Å²) in [5.74, 6) is 0. The van der Waals surface area contributed by atoms with Gasteiger partial charge in [-0.15, -0.1) is 0 Å². The number of hydrogen-bond acceptors (Lipinski definition) is 8. The molecule has 0 aromatic heterocycles. The van der Waals surface area contributed by atoms with Crippen LogP contribution in [0.2, 0.25) is 0 Å². The van der Waals surface area contributed by atoms with Gasteiger partial charge in [-0.3, -0.25) is 8.37 Å². The van der Waals surface area contributed by atoms with Gasteiger partial charge in [0.1, 0.15) is 24.4 Å². The largest absolute Gasteiger partial charge is 0.364 e. The Morgan fingerprint density at radius 2 is 1.17 bits per heavy atom. The van der Waals surface area contributed by atoms with E-state index in [1.165, 1.54) is 0 Å². The third-order valence-electron chi connectivity index (χ3n) is 2.46. The Kier molecular flexibility index (Phi) is 3.69. The second-order valence-corrected chi connectivity index (χ2v) is 7.54. The Hall–Kier alpha value is -0.260. The Balaban J connectivity index is 1.66. The molecule has 0 spiro atoms. The predicted molar refractivity (Wildman–Crippen MR) is 58.9 cm³/mol. The van der Waals surface area contributed by atoms with Crippen molar-refractivity contribution in [1.29, 1.82) is 0 Å². The first kappa shape index (κ1) is 14.2. The minimum absolute atomic E-state index is 0.0526. The van der Waals surface area contributed by atoms with E-state index in [9.17, 15) is 16.8 Å². The van der Waals surface area contributed by atoms with Gasteiger partial charge < -0.3 is 9.47 Å². The van der Waals surface area contributed by atoms with Crippen LogP contribution in [0.1, 0.15) is 0 Å². The summed E-state index contributed by atoms with van der Waals surface area (Å²) >= 11 is 0. The van der Waals surface area contributed by atoms with Gasteiger partial charge in [-0.1, -0.05) is 0 Å². The van der Waals surface area contributed by atoms with Crippen molar-refractivity contribution in [3.05, 3.63) is 0 Å². The molecule has 8 nitrogen and oxygen atoms in total. The van der Waals surface area contributed by atoms with Crippen molar-refractivity contribution in [2.24, 2.45) is 0 Å². The Bertz CT molecular complexity index is 461. The van der Waals surface area contributed by atoms with E-state index in [0.717, 1.165) is 12.5 Å². The topological polar surface area (TPSA) is 112 Å². The Labute approximate surface area is 105 Å². The van der Waals surface area contributed by atoms with E-state index in [-0.39, 0.29) is 37.6 Å². The van der Waals surface area contributed by atoms with Crippen molar-refractivity contribution in [2.75, 3.05) is 25.7 Å². The number of epoxide rings is 2. The molecule has 2 fully saturated rings. The summed E-state index contributed by atoms with van der Waals surface area (Å²) in [7, 11) is -6.95. The first-order valence-electron chi connectivity index (χ1n) is 5.15. The van der Waals surface area contributed by atoms with E-state index in [0.29, 0.717) is 0 Å². The Morgan fingerprint density at radius 1 is 0.833 bits per heavy atom. The maximum Gasteiger partial charge on any atom is 0.264 e. The van der Waals surface area contributed by atoms with Crippen LogP contribution >= 0.6 is 0 Å². The fourth-order valence-corrected chi connectivity index (χ4v) is 2.30. The number of rotatable bonds is 7. The average molecular weight is 302 g/mol. The lowest BCUT2D eigenvalue weighted by Crippen LogP contribution is -2.16. The maximum absolute atomic E-state index is 10.7. The first-order valence-corrected chi connectivity index (χ1v) is 8.79. The summed E-state index contributed by atoms with van der Waals surface area (Å²) in [6, 6.07) is 0. The molecule has 2 saturated heterocycles. The molecule has 106 valence electrons. The van der Waals surface area contributed by atoms with Gasteiger partial charge in [0.2, 0.25) is 0 Å². The number of hydrogen-bond donors (Lipinski definition) is 0. The summed E-state index contributed by atoms with van der Waals surface area (Å²) < 4.78 is 62.5. The van der Waals surface area contributed by atoms with Crippen LogP contribution in [0.4, 0.5) is 0 Å². The van der Waals surface area contributed by atoms with Crippen molar-refractivity contribution in [1.82, 2.24) is 0 Å². The Morgan fingerprint density at radius 3 is 1.44 bits per heavy atom. The fraction of sp³-hybridized carbons (Fsp3) is 1.00. The average Bonchev–Trinajstić information content (AvgIpc) is 3.04. The molecule has 4 atom stereocenters. The zero-order valence-electron chi connectivity index (χ0n) is 9.81. The van der Waals surface area contributed by atoms with Gasteiger partial charge in [0.05, 0.1) is 25.7 Å². The van der Waals surface area contributed by atoms with E-state index in [4.69, 9.17) is 9.47 Å². The van der Waals surface area contributed by atoms with Crippen LogP contribution in [0.5, 0.6) is 0 Å². The monoisotopic (exact) mass is 302 g/mol. The molecule has 10 heteroatoms. The molecule has 0 aliphatic carbocycles. The molecule has 0 unspecified atom stereocenters. The minimum atomic E-state index is -3.48. The highest BCUT2D eigenvalue weighted by molar-refractivity contribution is 7.86. The van der Waals surface area contributed by atoms with E-state index in [2.05, 4.69) is 8.37 Å². The third kappa shape index (κ3) is 4.44. The summed E-state index contributed by atoms with van der Waals surface area (Å²) in [6.07, 6.45) is 0.766. The van der Waals surface area contributed by atoms with Crippen molar-refractivity contribution in [3.63, 3.8) is 0 Å². The normalized spacial score (nSPS) is 35.4. The summed E-state index contributed by atoms with van der Waals surface area (Å²) in [4.78, 5) is 0. The first-order chi connectivity index (χ1) is 8.16. The van der Waals surface area contributed by atoms with Crippen molar-refractivity contribution >= 4 is 20.2 Å². The van der Waals surface area contributed by atoms with Gasteiger partial charge in [-0.2, -0.15) is 16.8 Å². The zero-order valence-corrected chi connectivity index (χ0v) is 11.4. The van der Waals surface area contributed by atoms with Crippen LogP contribution in [0.3, 0.4) is 0 Å². The second-order valence-electron chi connectivity index (χ2n) is 4.26. The lowest BCUT2D eigenvalue weighted by atomic mass is 10.2. The van der Waals surface area contributed by atoms with Crippen LogP contribution in [0.25, 0.3) is 0 Å². The van der Waals surface area contributed by atoms with Crippen LogP contribution < -0.4 is 0 Å². The van der Waals surface area contributed by atoms with Gasteiger partial charge in [0, 0.05) is 0 Å². The van der Waals surface area contributed by atoms with Gasteiger partial charge in [0.15, 0.2) is 0 Å². The van der Waals surface area contributed by atoms with Crippen LogP contribution in [0.15, 0.2) is 0 Å². The highest BCUT2D eigenvalue weighted by atomic mass is 32.2. The quantitative estimate of drug-likeness (QED) is 0.411. The summed E-state index contributed by atoms with van der Waals surface area (Å²) in [6.45, 7) is -0.105. The minimum Gasteiger partial charge on any atom is -0.364 e. The summed E-state index contributed by atoms with van der Waals surface area (Å²) in [5, 5.41) is 0. The van der Waals surface area contributed by atoms with Gasteiger partial charge in [-0.05, 0) is 0 Å². The lowest BCUT2D eigenvalue weighted by Gasteiger charge is -1.96. The highest BCUT2D eigenvalue weighted by Crippen LogP contribution is 2.39. The molecule has 0 saturated carbocycles. The molecular weight excluding hydrogens is 288 g/mol. The van der Waals surface area contributed by atoms with Gasteiger partial charge in [0.25, 0.3) is 20.2 Å². The van der Waals surface area contributed by atoms with E-state index < -0.39 is 20.2 Å². The van der Waals surface area contributed by atoms with Gasteiger partial charge in [-0.25, -0.2) is 0 Å². The molecule has 0 amide bonds. The molecule has 0 aromatic carbocycles. The molecule has 0 aromatic rings. The molecule has 0 N–H and O–H groups in total. The molecule has 2 aliphatic rings. The van der Waals surface area contributed by atoms with Crippen molar-refractivity contribution in [2.45, 2.75) is 24.4 Å². The lowest BCUT2D eigenvalue weighted by molar-refractivity contribution is 0.255. The molecule has 0 bridgehead atoms. The number of ether oxygens (including phenoxy) is 2. The van der Waals surface area contributed by atoms with E-state index in [1.54, 1.807) is 0 Å². The SMILES string of the molecule is CS(=O)(=O)OC[C@@H]1O[C@@H]1[C@@H]1O[C@H]1COS(C)(=O)=O. The molecule has 2 rings (SSSR count). The van der Waals surface area contributed by atoms with Crippen molar-refractivity contribution in [3.8, 4) is 0 Å². The predicted octanol–water partition coefficient (Wildman–Crippen LogP) is -1.53. The third-order valence-corrected chi connectivity index (χ3v) is 3.59. The highest BCUT2D eigenvalue weighted by Gasteiger charge is 2.57.